The van der Waals surface area contributed by atoms with Crippen LogP contribution in [0.25, 0.3) is 0 Å². The number of amides is 1. The number of carbonyl (C=O) groups is 1. The molecule has 3 N–H and O–H groups in total. The van der Waals surface area contributed by atoms with Crippen molar-refractivity contribution in [1.29, 1.82) is 0 Å². The van der Waals surface area contributed by atoms with E-state index in [0.717, 1.165) is 11.1 Å². The summed E-state index contributed by atoms with van der Waals surface area (Å²) in [5.74, 6) is -0.319. The molecule has 8 heteroatoms. The van der Waals surface area contributed by atoms with Crippen molar-refractivity contribution in [2.45, 2.75) is 25.6 Å². The molecule has 2 heterocycles. The molecule has 0 aliphatic carbocycles. The number of benzene rings is 2. The van der Waals surface area contributed by atoms with E-state index in [4.69, 9.17) is 4.42 Å². The number of nitrogens with zero attached hydrogens (tertiary/aromatic N) is 3. The van der Waals surface area contributed by atoms with E-state index in [1.807, 2.05) is 54.6 Å². The highest BCUT2D eigenvalue weighted by Crippen LogP contribution is 2.25. The molecule has 28 heavy (non-hydrogen) atoms. The Labute approximate surface area is 161 Å². The molecule has 1 aromatic heterocycles. The number of hydrogen-bond donors (Lipinski definition) is 3. The predicted molar refractivity (Wildman–Crippen MR) is 104 cm³/mol. The average Bonchev–Trinajstić information content (AvgIpc) is 3.10. The molecule has 1 atom stereocenters. The quantitative estimate of drug-likeness (QED) is 0.644. The third-order valence-corrected chi connectivity index (χ3v) is 4.20. The molecular formula is C20H19N5O3. The zero-order chi connectivity index (χ0) is 19.7. The Morgan fingerprint density at radius 2 is 1.79 bits per heavy atom. The van der Waals surface area contributed by atoms with Crippen molar-refractivity contribution in [3.63, 3.8) is 0 Å². The van der Waals surface area contributed by atoms with E-state index < -0.39 is 11.8 Å². The van der Waals surface area contributed by atoms with Crippen LogP contribution in [0.15, 0.2) is 64.0 Å². The summed E-state index contributed by atoms with van der Waals surface area (Å²) in [6, 6.07) is 17.1. The number of benzodiazepines with no additional fused rings is 1. The Bertz CT molecular complexity index is 1040. The highest BCUT2D eigenvalue weighted by atomic mass is 16.4. The fraction of sp³-hybridized carbons (Fsp3) is 0.200. The van der Waals surface area contributed by atoms with Crippen LogP contribution in [0.1, 0.15) is 30.9 Å². The van der Waals surface area contributed by atoms with Crippen LogP contribution in [0.2, 0.25) is 0 Å². The maximum absolute atomic E-state index is 12.7. The van der Waals surface area contributed by atoms with Gasteiger partial charge in [-0.25, -0.2) is 4.99 Å². The van der Waals surface area contributed by atoms with Crippen LogP contribution in [0.4, 0.5) is 11.7 Å². The van der Waals surface area contributed by atoms with Crippen LogP contribution >= 0.6 is 0 Å². The molecule has 1 amide bonds. The topological polar surface area (TPSA) is 113 Å². The van der Waals surface area contributed by atoms with E-state index in [1.54, 1.807) is 0 Å². The lowest BCUT2D eigenvalue weighted by Gasteiger charge is -2.12. The molecule has 2 aromatic carbocycles. The van der Waals surface area contributed by atoms with Gasteiger partial charge in [-0.1, -0.05) is 53.6 Å². The van der Waals surface area contributed by atoms with Crippen molar-refractivity contribution in [2.75, 3.05) is 10.6 Å². The van der Waals surface area contributed by atoms with Gasteiger partial charge in [-0.05, 0) is 19.9 Å². The van der Waals surface area contributed by atoms with E-state index in [0.29, 0.717) is 11.4 Å². The fourth-order valence-corrected chi connectivity index (χ4v) is 2.83. The lowest BCUT2D eigenvalue weighted by molar-refractivity contribution is -0.116. The Morgan fingerprint density at radius 3 is 2.50 bits per heavy atom. The van der Waals surface area contributed by atoms with Crippen LogP contribution in [0.3, 0.4) is 0 Å². The van der Waals surface area contributed by atoms with Crippen LogP contribution in [-0.2, 0) is 10.4 Å². The summed E-state index contributed by atoms with van der Waals surface area (Å²) in [4.78, 5) is 17.4. The van der Waals surface area contributed by atoms with Gasteiger partial charge in [0.15, 0.2) is 0 Å². The maximum Gasteiger partial charge on any atom is 0.317 e. The first kappa shape index (κ1) is 17.9. The van der Waals surface area contributed by atoms with Crippen molar-refractivity contribution < 1.29 is 14.3 Å². The first-order valence-electron chi connectivity index (χ1n) is 8.78. The molecule has 0 saturated carbocycles. The molecular weight excluding hydrogens is 358 g/mol. The predicted octanol–water partition coefficient (Wildman–Crippen LogP) is 2.52. The van der Waals surface area contributed by atoms with E-state index in [2.05, 4.69) is 25.8 Å². The molecule has 0 radical (unpaired) electrons. The Balaban J connectivity index is 1.74. The van der Waals surface area contributed by atoms with Gasteiger partial charge in [0, 0.05) is 11.1 Å². The van der Waals surface area contributed by atoms with Gasteiger partial charge >= 0.3 is 6.01 Å². The third kappa shape index (κ3) is 3.49. The number of rotatable bonds is 4. The molecule has 1 aliphatic heterocycles. The molecule has 0 bridgehead atoms. The van der Waals surface area contributed by atoms with Crippen LogP contribution in [0.5, 0.6) is 0 Å². The second-order valence-electron chi connectivity index (χ2n) is 6.90. The number of carbonyl (C=O) groups excluding carboxylic acids is 1. The number of fused-ring (bicyclic) bond motifs is 1. The zero-order valence-corrected chi connectivity index (χ0v) is 15.4. The summed E-state index contributed by atoms with van der Waals surface area (Å²) < 4.78 is 5.43. The maximum atomic E-state index is 12.7. The van der Waals surface area contributed by atoms with Gasteiger partial charge in [-0.3, -0.25) is 4.79 Å². The molecule has 8 nitrogen and oxygen atoms in total. The third-order valence-electron chi connectivity index (χ3n) is 4.20. The molecule has 1 aliphatic rings. The number of nitrogens with one attached hydrogen (secondary N) is 2. The van der Waals surface area contributed by atoms with Crippen molar-refractivity contribution >= 4 is 23.3 Å². The molecule has 0 fully saturated rings. The first-order chi connectivity index (χ1) is 13.4. The average molecular weight is 377 g/mol. The van der Waals surface area contributed by atoms with E-state index >= 15 is 0 Å². The SMILES string of the molecule is CC(C)(O)c1nnc(NC2N=C(c3ccccc3)c3ccccc3NC2=O)o1. The van der Waals surface area contributed by atoms with Gasteiger partial charge in [-0.15, -0.1) is 5.10 Å². The Hall–Kier alpha value is -3.52. The summed E-state index contributed by atoms with van der Waals surface area (Å²) in [7, 11) is 0. The van der Waals surface area contributed by atoms with Gasteiger partial charge in [0.05, 0.1) is 11.4 Å². The van der Waals surface area contributed by atoms with Gasteiger partial charge < -0.3 is 20.2 Å². The number of anilines is 2. The number of aliphatic imine (C=N–C) groups is 1. The zero-order valence-electron chi connectivity index (χ0n) is 15.4. The first-order valence-corrected chi connectivity index (χ1v) is 8.78. The molecule has 4 rings (SSSR count). The molecule has 3 aromatic rings. The lowest BCUT2D eigenvalue weighted by Crippen LogP contribution is -2.32. The fourth-order valence-electron chi connectivity index (χ4n) is 2.83. The summed E-state index contributed by atoms with van der Waals surface area (Å²) in [5, 5.41) is 23.4. The molecule has 142 valence electrons. The summed E-state index contributed by atoms with van der Waals surface area (Å²) in [6.45, 7) is 3.07. The molecule has 1 unspecified atom stereocenters. The normalized spacial score (nSPS) is 16.6. The van der Waals surface area contributed by atoms with Crippen molar-refractivity contribution in [1.82, 2.24) is 10.2 Å². The number of para-hydroxylation sites is 1. The largest absolute Gasteiger partial charge is 0.405 e. The van der Waals surface area contributed by atoms with Crippen molar-refractivity contribution in [3.05, 3.63) is 71.6 Å². The second-order valence-corrected chi connectivity index (χ2v) is 6.90. The van der Waals surface area contributed by atoms with Gasteiger partial charge in [-0.2, -0.15) is 0 Å². The second kappa shape index (κ2) is 6.90. The highest BCUT2D eigenvalue weighted by molar-refractivity contribution is 6.19. The summed E-state index contributed by atoms with van der Waals surface area (Å²) in [6.07, 6.45) is -0.988. The van der Waals surface area contributed by atoms with Gasteiger partial charge in [0.2, 0.25) is 12.1 Å². The van der Waals surface area contributed by atoms with E-state index in [9.17, 15) is 9.90 Å². The minimum Gasteiger partial charge on any atom is -0.405 e. The lowest BCUT2D eigenvalue weighted by atomic mass is 10.0. The summed E-state index contributed by atoms with van der Waals surface area (Å²) >= 11 is 0. The highest BCUT2D eigenvalue weighted by Gasteiger charge is 2.29. The molecule has 0 saturated heterocycles. The van der Waals surface area contributed by atoms with Gasteiger partial charge in [0.25, 0.3) is 5.91 Å². The van der Waals surface area contributed by atoms with Crippen LogP contribution in [0, 0.1) is 0 Å². The smallest absolute Gasteiger partial charge is 0.317 e. The van der Waals surface area contributed by atoms with Crippen molar-refractivity contribution in [2.24, 2.45) is 4.99 Å². The minimum atomic E-state index is -1.28. The number of hydrogen-bond acceptors (Lipinski definition) is 7. The molecule has 0 spiro atoms. The van der Waals surface area contributed by atoms with E-state index in [-0.39, 0.29) is 17.8 Å². The van der Waals surface area contributed by atoms with E-state index in [1.165, 1.54) is 13.8 Å². The van der Waals surface area contributed by atoms with Crippen molar-refractivity contribution in [3.8, 4) is 0 Å². The monoisotopic (exact) mass is 377 g/mol. The Morgan fingerprint density at radius 1 is 1.07 bits per heavy atom. The van der Waals surface area contributed by atoms with Crippen LogP contribution < -0.4 is 10.6 Å². The summed E-state index contributed by atoms with van der Waals surface area (Å²) in [5.41, 5.74) is 1.74. The Kier molecular flexibility index (Phi) is 4.40. The number of aromatic nitrogens is 2. The number of aliphatic hydroxyl groups is 1. The van der Waals surface area contributed by atoms with Crippen LogP contribution in [-0.4, -0.2) is 33.1 Å². The standard InChI is InChI=1S/C20H19N5O3/c1-20(2,27)18-24-25-19(28-18)23-16-17(26)21-14-11-7-6-10-13(14)15(22-16)12-8-4-3-5-9-12/h3-11,16,27H,1-2H3,(H,21,26)(H,23,25). The van der Waals surface area contributed by atoms with Gasteiger partial charge in [0.1, 0.15) is 5.60 Å². The minimum absolute atomic E-state index is 0.000562.